The first-order valence-electron chi connectivity index (χ1n) is 5.02. The van der Waals surface area contributed by atoms with E-state index in [1.807, 2.05) is 13.0 Å². The summed E-state index contributed by atoms with van der Waals surface area (Å²) in [4.78, 5) is 0. The third-order valence-electron chi connectivity index (χ3n) is 2.34. The van der Waals surface area contributed by atoms with Crippen molar-refractivity contribution in [1.82, 2.24) is 0 Å². The number of nitrogens with one attached hydrogen (secondary N) is 1. The molecule has 0 amide bonds. The van der Waals surface area contributed by atoms with Crippen LogP contribution in [0, 0.1) is 5.82 Å². The minimum atomic E-state index is -0.462. The van der Waals surface area contributed by atoms with E-state index in [0.29, 0.717) is 5.69 Å². The van der Waals surface area contributed by atoms with Crippen LogP contribution in [0.3, 0.4) is 0 Å². The SMILES string of the molecule is CC(Nc1c(Cl)cc(F)cc1Cl)c1ccco1. The van der Waals surface area contributed by atoms with E-state index in [4.69, 9.17) is 27.6 Å². The number of rotatable bonds is 3. The highest BCUT2D eigenvalue weighted by atomic mass is 35.5. The zero-order valence-corrected chi connectivity index (χ0v) is 10.5. The van der Waals surface area contributed by atoms with Crippen molar-refractivity contribution >= 4 is 28.9 Å². The van der Waals surface area contributed by atoms with Gasteiger partial charge in [0.15, 0.2) is 0 Å². The summed E-state index contributed by atoms with van der Waals surface area (Å²) in [5.74, 6) is 0.290. The third-order valence-corrected chi connectivity index (χ3v) is 2.93. The predicted molar refractivity (Wildman–Crippen MR) is 67.2 cm³/mol. The molecule has 0 spiro atoms. The second-order valence-electron chi connectivity index (χ2n) is 3.63. The summed E-state index contributed by atoms with van der Waals surface area (Å²) in [6.45, 7) is 1.90. The lowest BCUT2D eigenvalue weighted by Gasteiger charge is -2.15. The molecule has 2 aromatic rings. The lowest BCUT2D eigenvalue weighted by atomic mass is 10.2. The van der Waals surface area contributed by atoms with Crippen molar-refractivity contribution in [2.24, 2.45) is 0 Å². The van der Waals surface area contributed by atoms with Crippen LogP contribution in [0.1, 0.15) is 18.7 Å². The summed E-state index contributed by atoms with van der Waals surface area (Å²) in [5, 5.41) is 3.57. The van der Waals surface area contributed by atoms with Crippen molar-refractivity contribution in [1.29, 1.82) is 0 Å². The molecular formula is C12H10Cl2FNO. The monoisotopic (exact) mass is 273 g/mol. The fourth-order valence-corrected chi connectivity index (χ4v) is 2.07. The summed E-state index contributed by atoms with van der Waals surface area (Å²) in [6.07, 6.45) is 1.58. The van der Waals surface area contributed by atoms with Crippen LogP contribution in [0.5, 0.6) is 0 Å². The first kappa shape index (κ1) is 12.3. The molecule has 1 aromatic heterocycles. The molecule has 2 nitrogen and oxygen atoms in total. The molecule has 0 saturated heterocycles. The van der Waals surface area contributed by atoms with Gasteiger partial charge in [0.25, 0.3) is 0 Å². The first-order chi connectivity index (χ1) is 8.08. The Labute approximate surface area is 108 Å². The van der Waals surface area contributed by atoms with Gasteiger partial charge in [-0.1, -0.05) is 23.2 Å². The van der Waals surface area contributed by atoms with Crippen LogP contribution in [-0.2, 0) is 0 Å². The molecule has 2 rings (SSSR count). The van der Waals surface area contributed by atoms with Gasteiger partial charge in [-0.2, -0.15) is 0 Å². The lowest BCUT2D eigenvalue weighted by Crippen LogP contribution is -2.06. The van der Waals surface area contributed by atoms with E-state index in [0.717, 1.165) is 5.76 Å². The Hall–Kier alpha value is -1.19. The highest BCUT2D eigenvalue weighted by molar-refractivity contribution is 6.39. The molecule has 1 atom stereocenters. The smallest absolute Gasteiger partial charge is 0.126 e. The molecule has 1 aromatic carbocycles. The number of halogens is 3. The molecule has 0 aliphatic heterocycles. The fraction of sp³-hybridized carbons (Fsp3) is 0.167. The fourth-order valence-electron chi connectivity index (χ4n) is 1.51. The summed E-state index contributed by atoms with van der Waals surface area (Å²) in [6, 6.07) is 5.95. The van der Waals surface area contributed by atoms with E-state index in [1.54, 1.807) is 12.3 Å². The molecule has 1 unspecified atom stereocenters. The van der Waals surface area contributed by atoms with Crippen molar-refractivity contribution in [3.63, 3.8) is 0 Å². The maximum absolute atomic E-state index is 13.0. The van der Waals surface area contributed by atoms with Gasteiger partial charge in [-0.25, -0.2) is 4.39 Å². The highest BCUT2D eigenvalue weighted by Gasteiger charge is 2.13. The van der Waals surface area contributed by atoms with Gasteiger partial charge in [-0.3, -0.25) is 0 Å². The quantitative estimate of drug-likeness (QED) is 0.861. The molecule has 0 fully saturated rings. The molecule has 5 heteroatoms. The minimum absolute atomic E-state index is 0.106. The molecule has 0 aliphatic carbocycles. The van der Waals surface area contributed by atoms with Crippen LogP contribution >= 0.6 is 23.2 Å². The summed E-state index contributed by atoms with van der Waals surface area (Å²) in [7, 11) is 0. The van der Waals surface area contributed by atoms with Crippen LogP contribution in [0.25, 0.3) is 0 Å². The second-order valence-corrected chi connectivity index (χ2v) is 4.44. The Balaban J connectivity index is 2.25. The zero-order valence-electron chi connectivity index (χ0n) is 9.01. The van der Waals surface area contributed by atoms with Crippen molar-refractivity contribution in [3.8, 4) is 0 Å². The van der Waals surface area contributed by atoms with Crippen LogP contribution < -0.4 is 5.32 Å². The third kappa shape index (κ3) is 2.73. The van der Waals surface area contributed by atoms with Gasteiger partial charge in [-0.15, -0.1) is 0 Å². The predicted octanol–water partition coefficient (Wildman–Crippen LogP) is 4.90. The van der Waals surface area contributed by atoms with E-state index in [2.05, 4.69) is 5.32 Å². The normalized spacial score (nSPS) is 12.5. The van der Waals surface area contributed by atoms with Gasteiger partial charge >= 0.3 is 0 Å². The van der Waals surface area contributed by atoms with E-state index in [1.165, 1.54) is 12.1 Å². The number of hydrogen-bond acceptors (Lipinski definition) is 2. The topological polar surface area (TPSA) is 25.2 Å². The highest BCUT2D eigenvalue weighted by Crippen LogP contribution is 2.34. The van der Waals surface area contributed by atoms with Crippen LogP contribution in [-0.4, -0.2) is 0 Å². The summed E-state index contributed by atoms with van der Waals surface area (Å²) in [5.41, 5.74) is 0.499. The Bertz CT molecular complexity index is 490. The molecule has 1 heterocycles. The zero-order chi connectivity index (χ0) is 12.4. The van der Waals surface area contributed by atoms with Gasteiger partial charge < -0.3 is 9.73 Å². The van der Waals surface area contributed by atoms with Gasteiger partial charge in [0.2, 0.25) is 0 Å². The minimum Gasteiger partial charge on any atom is -0.467 e. The van der Waals surface area contributed by atoms with Gasteiger partial charge in [0.05, 0.1) is 28.0 Å². The van der Waals surface area contributed by atoms with Crippen LogP contribution in [0.15, 0.2) is 34.9 Å². The van der Waals surface area contributed by atoms with E-state index in [-0.39, 0.29) is 16.1 Å². The molecule has 90 valence electrons. The Morgan fingerprint density at radius 2 is 1.94 bits per heavy atom. The van der Waals surface area contributed by atoms with E-state index >= 15 is 0 Å². The average molecular weight is 274 g/mol. The lowest BCUT2D eigenvalue weighted by molar-refractivity contribution is 0.490. The molecule has 0 aliphatic rings. The maximum Gasteiger partial charge on any atom is 0.126 e. The average Bonchev–Trinajstić information content (AvgIpc) is 2.76. The molecule has 0 radical (unpaired) electrons. The van der Waals surface area contributed by atoms with Crippen molar-refractivity contribution in [2.75, 3.05) is 5.32 Å². The van der Waals surface area contributed by atoms with Crippen molar-refractivity contribution in [3.05, 3.63) is 52.2 Å². The van der Waals surface area contributed by atoms with E-state index < -0.39 is 5.82 Å². The summed E-state index contributed by atoms with van der Waals surface area (Å²) >= 11 is 11.8. The number of anilines is 1. The van der Waals surface area contributed by atoms with Gasteiger partial charge in [-0.05, 0) is 31.2 Å². The van der Waals surface area contributed by atoms with Crippen LogP contribution in [0.4, 0.5) is 10.1 Å². The largest absolute Gasteiger partial charge is 0.467 e. The van der Waals surface area contributed by atoms with Gasteiger partial charge in [0.1, 0.15) is 11.6 Å². The van der Waals surface area contributed by atoms with Crippen molar-refractivity contribution in [2.45, 2.75) is 13.0 Å². The molecule has 1 N–H and O–H groups in total. The Morgan fingerprint density at radius 3 is 2.47 bits per heavy atom. The Morgan fingerprint density at radius 1 is 1.29 bits per heavy atom. The standard InChI is InChI=1S/C12H10Cl2FNO/c1-7(11-3-2-4-17-11)16-12-9(13)5-8(15)6-10(12)14/h2-7,16H,1H3. The Kier molecular flexibility index (Phi) is 3.60. The maximum atomic E-state index is 13.0. The molecule has 17 heavy (non-hydrogen) atoms. The molecule has 0 bridgehead atoms. The second kappa shape index (κ2) is 4.98. The molecule has 0 saturated carbocycles. The number of hydrogen-bond donors (Lipinski definition) is 1. The summed E-state index contributed by atoms with van der Waals surface area (Å²) < 4.78 is 18.3. The van der Waals surface area contributed by atoms with Crippen LogP contribution in [0.2, 0.25) is 10.0 Å². The first-order valence-corrected chi connectivity index (χ1v) is 5.78. The molecular weight excluding hydrogens is 264 g/mol. The van der Waals surface area contributed by atoms with Gasteiger partial charge in [0, 0.05) is 0 Å². The van der Waals surface area contributed by atoms with E-state index in [9.17, 15) is 4.39 Å². The number of benzene rings is 1. The van der Waals surface area contributed by atoms with Crippen molar-refractivity contribution < 1.29 is 8.81 Å². The number of furan rings is 1.